The fourth-order valence-electron chi connectivity index (χ4n) is 12.9. The maximum atomic E-state index is 14.3. The first-order chi connectivity index (χ1) is 21.2. The molecule has 0 aromatic heterocycles. The first-order valence-corrected chi connectivity index (χ1v) is 17.4. The summed E-state index contributed by atoms with van der Waals surface area (Å²) in [7, 11) is 4.89. The van der Waals surface area contributed by atoms with E-state index in [1.54, 1.807) is 21.3 Å². The third-order valence-electron chi connectivity index (χ3n) is 15.0. The molecule has 0 aliphatic heterocycles. The average molecular weight is 617 g/mol. The van der Waals surface area contributed by atoms with Crippen LogP contribution in [0.4, 0.5) is 0 Å². The molecule has 0 bridgehead atoms. The minimum absolute atomic E-state index is 0.0107. The van der Waals surface area contributed by atoms with Crippen molar-refractivity contribution in [2.45, 2.75) is 99.3 Å². The first-order valence-electron chi connectivity index (χ1n) is 17.4. The zero-order valence-corrected chi connectivity index (χ0v) is 29.3. The van der Waals surface area contributed by atoms with Crippen LogP contribution in [0.25, 0.3) is 6.08 Å². The lowest BCUT2D eigenvalue weighted by atomic mass is 9.32. The van der Waals surface area contributed by atoms with E-state index in [0.717, 1.165) is 68.9 Å². The van der Waals surface area contributed by atoms with Gasteiger partial charge < -0.3 is 14.2 Å². The summed E-state index contributed by atoms with van der Waals surface area (Å²) in [4.78, 5) is 27.9. The van der Waals surface area contributed by atoms with Crippen molar-refractivity contribution >= 4 is 17.8 Å². The number of esters is 1. The van der Waals surface area contributed by atoms with Crippen molar-refractivity contribution in [2.75, 3.05) is 21.3 Å². The van der Waals surface area contributed by atoms with Crippen molar-refractivity contribution in [1.82, 2.24) is 0 Å². The van der Waals surface area contributed by atoms with Gasteiger partial charge in [0.1, 0.15) is 0 Å². The van der Waals surface area contributed by atoms with Gasteiger partial charge in [0.25, 0.3) is 0 Å². The number of carbonyl (C=O) groups excluding carboxylic acids is 2. The summed E-state index contributed by atoms with van der Waals surface area (Å²) in [5.41, 5.74) is 2.41. The number of rotatable bonds is 5. The molecular weight excluding hydrogens is 560 g/mol. The number of hydrogen-bond acceptors (Lipinski definition) is 5. The van der Waals surface area contributed by atoms with E-state index >= 15 is 0 Å². The fraction of sp³-hybridized carbons (Fsp3) is 0.700. The van der Waals surface area contributed by atoms with Crippen LogP contribution in [0.3, 0.4) is 0 Å². The van der Waals surface area contributed by atoms with Gasteiger partial charge in [0.2, 0.25) is 0 Å². The standard InChI is InChI=1S/C40H56O5/c1-24(2)27-16-19-40(35(42)45-10)21-20-38(6)28(32(27)40)14-15-31-37(5)23-26(22-25-12-11-13-29(43-8)33(25)44-9)34(41)36(3,4)30(37)17-18-39(31,38)7/h11-13,22,27-28,30-32H,1,14-21,23H2,2-10H3/b26-22+/t27-,28+,30-,31+,32-,37-,38+,39+,40-/m0/s1. The molecule has 246 valence electrons. The van der Waals surface area contributed by atoms with Gasteiger partial charge in [-0.05, 0) is 128 Å². The molecule has 5 nitrogen and oxygen atoms in total. The first kappa shape index (κ1) is 32.4. The largest absolute Gasteiger partial charge is 0.493 e. The summed E-state index contributed by atoms with van der Waals surface area (Å²) in [6, 6.07) is 5.89. The van der Waals surface area contributed by atoms with Gasteiger partial charge in [-0.2, -0.15) is 0 Å². The third kappa shape index (κ3) is 4.23. The second-order valence-corrected chi connectivity index (χ2v) is 16.8. The summed E-state index contributed by atoms with van der Waals surface area (Å²) in [5, 5.41) is 0. The molecule has 1 aromatic rings. The molecule has 0 saturated heterocycles. The Kier molecular flexibility index (Phi) is 7.73. The Balaban J connectivity index is 1.42. The lowest BCUT2D eigenvalue weighted by molar-refractivity contribution is -0.232. The number of methoxy groups -OCH3 is 3. The van der Waals surface area contributed by atoms with E-state index in [-0.39, 0.29) is 33.4 Å². The lowest BCUT2D eigenvalue weighted by Gasteiger charge is -2.72. The van der Waals surface area contributed by atoms with Crippen LogP contribution in [-0.4, -0.2) is 33.1 Å². The summed E-state index contributed by atoms with van der Waals surface area (Å²) >= 11 is 0. The van der Waals surface area contributed by atoms with Gasteiger partial charge in [0, 0.05) is 11.0 Å². The van der Waals surface area contributed by atoms with Gasteiger partial charge in [-0.15, -0.1) is 0 Å². The van der Waals surface area contributed by atoms with Gasteiger partial charge in [-0.1, -0.05) is 58.9 Å². The van der Waals surface area contributed by atoms with Gasteiger partial charge in [0.15, 0.2) is 17.3 Å². The smallest absolute Gasteiger partial charge is 0.312 e. The Morgan fingerprint density at radius 2 is 1.62 bits per heavy atom. The molecule has 5 aliphatic rings. The normalized spacial score (nSPS) is 42.6. The van der Waals surface area contributed by atoms with Gasteiger partial charge >= 0.3 is 5.97 Å². The molecule has 0 amide bonds. The monoisotopic (exact) mass is 616 g/mol. The van der Waals surface area contributed by atoms with Crippen LogP contribution in [0.15, 0.2) is 35.9 Å². The Morgan fingerprint density at radius 3 is 2.27 bits per heavy atom. The van der Waals surface area contributed by atoms with Crippen LogP contribution in [0.5, 0.6) is 11.5 Å². The van der Waals surface area contributed by atoms with Crippen LogP contribution in [-0.2, 0) is 14.3 Å². The molecule has 45 heavy (non-hydrogen) atoms. The van der Waals surface area contributed by atoms with Crippen LogP contribution in [0, 0.1) is 56.7 Å². The van der Waals surface area contributed by atoms with E-state index in [2.05, 4.69) is 54.2 Å². The molecule has 0 N–H and O–H groups in total. The average Bonchev–Trinajstić information content (AvgIpc) is 3.41. The summed E-state index contributed by atoms with van der Waals surface area (Å²) in [5.74, 6) is 3.58. The number of para-hydroxylation sites is 1. The Hall–Kier alpha value is -2.56. The number of allylic oxidation sites excluding steroid dienone is 2. The number of ketones is 1. The van der Waals surface area contributed by atoms with E-state index in [0.29, 0.717) is 41.1 Å². The number of Topliss-reactive ketones (excluding diaryl/α,β-unsaturated/α-hetero) is 1. The van der Waals surface area contributed by atoms with E-state index in [9.17, 15) is 9.59 Å². The van der Waals surface area contributed by atoms with E-state index < -0.39 is 5.41 Å². The molecule has 5 saturated carbocycles. The Bertz CT molecular complexity index is 1440. The molecule has 5 fully saturated rings. The lowest BCUT2D eigenvalue weighted by Crippen LogP contribution is -2.67. The van der Waals surface area contributed by atoms with Gasteiger partial charge in [0.05, 0.1) is 26.7 Å². The second kappa shape index (κ2) is 10.7. The Labute approximate surface area is 271 Å². The highest BCUT2D eigenvalue weighted by molar-refractivity contribution is 6.04. The van der Waals surface area contributed by atoms with E-state index in [1.807, 2.05) is 18.2 Å². The molecule has 9 atom stereocenters. The van der Waals surface area contributed by atoms with Gasteiger partial charge in [-0.3, -0.25) is 9.59 Å². The number of carbonyl (C=O) groups is 2. The molecule has 1 aromatic carbocycles. The third-order valence-corrected chi connectivity index (χ3v) is 15.0. The maximum Gasteiger partial charge on any atom is 0.312 e. The van der Waals surface area contributed by atoms with Crippen LogP contribution in [0.1, 0.15) is 105 Å². The molecule has 0 heterocycles. The Morgan fingerprint density at radius 1 is 0.889 bits per heavy atom. The zero-order valence-electron chi connectivity index (χ0n) is 29.3. The quantitative estimate of drug-likeness (QED) is 0.188. The minimum Gasteiger partial charge on any atom is -0.493 e. The van der Waals surface area contributed by atoms with Crippen molar-refractivity contribution in [1.29, 1.82) is 0 Å². The number of ether oxygens (including phenoxy) is 3. The second-order valence-electron chi connectivity index (χ2n) is 16.8. The van der Waals surface area contributed by atoms with E-state index in [1.165, 1.54) is 5.57 Å². The predicted octanol–water partition coefficient (Wildman–Crippen LogP) is 9.10. The molecule has 0 unspecified atom stereocenters. The number of fused-ring (bicyclic) bond motifs is 7. The molecule has 6 rings (SSSR count). The van der Waals surface area contributed by atoms with Gasteiger partial charge in [-0.25, -0.2) is 0 Å². The molecule has 5 heteroatoms. The molecule has 5 aliphatic carbocycles. The predicted molar refractivity (Wildman–Crippen MR) is 179 cm³/mol. The fourth-order valence-corrected chi connectivity index (χ4v) is 12.9. The summed E-state index contributed by atoms with van der Waals surface area (Å²) in [6.45, 7) is 18.7. The van der Waals surface area contributed by atoms with Crippen molar-refractivity contribution < 1.29 is 23.8 Å². The molecule has 0 spiro atoms. The highest BCUT2D eigenvalue weighted by Crippen LogP contribution is 2.77. The topological polar surface area (TPSA) is 61.8 Å². The van der Waals surface area contributed by atoms with Crippen LogP contribution in [0.2, 0.25) is 0 Å². The summed E-state index contributed by atoms with van der Waals surface area (Å²) in [6.07, 6.45) is 11.3. The molecule has 0 radical (unpaired) electrons. The number of benzene rings is 1. The van der Waals surface area contributed by atoms with Crippen LogP contribution < -0.4 is 9.47 Å². The number of hydrogen-bond donors (Lipinski definition) is 0. The summed E-state index contributed by atoms with van der Waals surface area (Å²) < 4.78 is 16.9. The van der Waals surface area contributed by atoms with Crippen molar-refractivity contribution in [3.05, 3.63) is 41.5 Å². The zero-order chi connectivity index (χ0) is 32.7. The highest BCUT2D eigenvalue weighted by atomic mass is 16.5. The SMILES string of the molecule is C=C(C)[C@@H]1CC[C@]2(C(=O)OC)CC[C@]3(C)[C@H](CC[C@@H]4[C@@]5(C)C/C(=C\c6cccc(OC)c6OC)C(=O)C(C)(C)[C@@H]5CC[C@]43C)[C@H]12. The molecular formula is C40H56O5. The van der Waals surface area contributed by atoms with Crippen molar-refractivity contribution in [2.24, 2.45) is 56.7 Å². The highest BCUT2D eigenvalue weighted by Gasteiger charge is 2.72. The van der Waals surface area contributed by atoms with Crippen LogP contribution >= 0.6 is 0 Å². The van der Waals surface area contributed by atoms with Crippen molar-refractivity contribution in [3.63, 3.8) is 0 Å². The minimum atomic E-state index is -0.451. The van der Waals surface area contributed by atoms with E-state index in [4.69, 9.17) is 14.2 Å². The van der Waals surface area contributed by atoms with Crippen molar-refractivity contribution in [3.8, 4) is 11.5 Å². The maximum absolute atomic E-state index is 14.3.